The quantitative estimate of drug-likeness (QED) is 0.873. The zero-order valence-corrected chi connectivity index (χ0v) is 14.0. The molecule has 0 aliphatic heterocycles. The van der Waals surface area contributed by atoms with E-state index in [9.17, 15) is 8.42 Å². The molecule has 0 fully saturated rings. The van der Waals surface area contributed by atoms with Crippen LogP contribution in [0.1, 0.15) is 52.1 Å². The Bertz CT molecular complexity index is 512. The minimum Gasteiger partial charge on any atom is -0.310 e. The van der Waals surface area contributed by atoms with Crippen molar-refractivity contribution >= 4 is 9.84 Å². The van der Waals surface area contributed by atoms with Gasteiger partial charge in [0.15, 0.2) is 9.84 Å². The fourth-order valence-electron chi connectivity index (χ4n) is 2.16. The molecule has 0 radical (unpaired) electrons. The maximum atomic E-state index is 11.5. The van der Waals surface area contributed by atoms with Gasteiger partial charge >= 0.3 is 0 Å². The lowest BCUT2D eigenvalue weighted by molar-refractivity contribution is 0.334. The molecule has 114 valence electrons. The molecule has 1 aromatic carbocycles. The molecule has 1 aromatic rings. The topological polar surface area (TPSA) is 46.2 Å². The molecule has 0 bridgehead atoms. The van der Waals surface area contributed by atoms with Crippen molar-refractivity contribution < 1.29 is 8.42 Å². The molecule has 0 aliphatic carbocycles. The fourth-order valence-corrected chi connectivity index (χ4v) is 2.79. The minimum absolute atomic E-state index is 0.285. The molecule has 1 rings (SSSR count). The van der Waals surface area contributed by atoms with Gasteiger partial charge in [-0.3, -0.25) is 0 Å². The van der Waals surface area contributed by atoms with Gasteiger partial charge in [-0.1, -0.05) is 39.8 Å². The van der Waals surface area contributed by atoms with Crippen LogP contribution in [-0.4, -0.2) is 21.2 Å². The third-order valence-electron chi connectivity index (χ3n) is 3.34. The van der Waals surface area contributed by atoms with E-state index in [1.54, 1.807) is 12.1 Å². The summed E-state index contributed by atoms with van der Waals surface area (Å²) in [6.45, 7) is 9.71. The fraction of sp³-hybridized carbons (Fsp3) is 0.625. The van der Waals surface area contributed by atoms with Crippen LogP contribution < -0.4 is 5.32 Å². The van der Waals surface area contributed by atoms with Gasteiger partial charge in [-0.05, 0) is 42.5 Å². The van der Waals surface area contributed by atoms with E-state index >= 15 is 0 Å². The van der Waals surface area contributed by atoms with E-state index in [-0.39, 0.29) is 6.04 Å². The van der Waals surface area contributed by atoms with E-state index < -0.39 is 9.84 Å². The first-order valence-electron chi connectivity index (χ1n) is 7.17. The Morgan fingerprint density at radius 2 is 1.70 bits per heavy atom. The lowest BCUT2D eigenvalue weighted by Gasteiger charge is -2.24. The standard InChI is InChI=1S/C16H27NO2S/c1-6-17-15(11-12-16(2,3)4)13-7-9-14(10-8-13)20(5,18)19/h7-10,15,17H,6,11-12H2,1-5H3. The second kappa shape index (κ2) is 6.72. The third kappa shape index (κ3) is 5.63. The van der Waals surface area contributed by atoms with Crippen molar-refractivity contribution in [3.63, 3.8) is 0 Å². The molecule has 0 saturated carbocycles. The second-order valence-corrected chi connectivity index (χ2v) is 8.57. The van der Waals surface area contributed by atoms with Gasteiger partial charge in [-0.2, -0.15) is 0 Å². The SMILES string of the molecule is CCNC(CCC(C)(C)C)c1ccc(S(C)(=O)=O)cc1. The first kappa shape index (κ1) is 17.2. The van der Waals surface area contributed by atoms with Gasteiger partial charge in [0.25, 0.3) is 0 Å². The minimum atomic E-state index is -3.11. The van der Waals surface area contributed by atoms with E-state index in [4.69, 9.17) is 0 Å². The van der Waals surface area contributed by atoms with Crippen molar-refractivity contribution in [3.05, 3.63) is 29.8 Å². The van der Waals surface area contributed by atoms with Gasteiger partial charge in [-0.15, -0.1) is 0 Å². The molecule has 1 N–H and O–H groups in total. The third-order valence-corrected chi connectivity index (χ3v) is 4.47. The molecule has 1 atom stereocenters. The summed E-state index contributed by atoms with van der Waals surface area (Å²) in [7, 11) is -3.11. The number of nitrogens with one attached hydrogen (secondary N) is 1. The zero-order valence-electron chi connectivity index (χ0n) is 13.2. The van der Waals surface area contributed by atoms with Crippen LogP contribution in [-0.2, 0) is 9.84 Å². The van der Waals surface area contributed by atoms with Crippen molar-refractivity contribution in [1.29, 1.82) is 0 Å². The van der Waals surface area contributed by atoms with E-state index in [1.165, 1.54) is 6.26 Å². The average Bonchev–Trinajstić information content (AvgIpc) is 2.32. The van der Waals surface area contributed by atoms with Crippen LogP contribution in [0.2, 0.25) is 0 Å². The highest BCUT2D eigenvalue weighted by molar-refractivity contribution is 7.90. The maximum absolute atomic E-state index is 11.5. The Hall–Kier alpha value is -0.870. The summed E-state index contributed by atoms with van der Waals surface area (Å²) < 4.78 is 23.0. The van der Waals surface area contributed by atoms with Crippen molar-refractivity contribution in [2.24, 2.45) is 5.41 Å². The average molecular weight is 297 g/mol. The van der Waals surface area contributed by atoms with E-state index in [0.717, 1.165) is 24.9 Å². The number of benzene rings is 1. The molecule has 0 aromatic heterocycles. The van der Waals surface area contributed by atoms with Gasteiger partial charge in [0.2, 0.25) is 0 Å². The Kier molecular flexibility index (Phi) is 5.78. The van der Waals surface area contributed by atoms with E-state index in [1.807, 2.05) is 12.1 Å². The monoisotopic (exact) mass is 297 g/mol. The van der Waals surface area contributed by atoms with Crippen LogP contribution in [0, 0.1) is 5.41 Å². The van der Waals surface area contributed by atoms with Crippen LogP contribution in [0.3, 0.4) is 0 Å². The van der Waals surface area contributed by atoms with Gasteiger partial charge in [0.1, 0.15) is 0 Å². The van der Waals surface area contributed by atoms with Gasteiger partial charge in [-0.25, -0.2) is 8.42 Å². The Balaban J connectivity index is 2.87. The molecule has 20 heavy (non-hydrogen) atoms. The lowest BCUT2D eigenvalue weighted by atomic mass is 9.87. The molecule has 0 aliphatic rings. The highest BCUT2D eigenvalue weighted by Gasteiger charge is 2.17. The highest BCUT2D eigenvalue weighted by Crippen LogP contribution is 2.27. The Labute approximate surface area is 123 Å². The number of hydrogen-bond donors (Lipinski definition) is 1. The summed E-state index contributed by atoms with van der Waals surface area (Å²) >= 11 is 0. The number of hydrogen-bond acceptors (Lipinski definition) is 3. The predicted molar refractivity (Wildman–Crippen MR) is 84.7 cm³/mol. The van der Waals surface area contributed by atoms with Crippen LogP contribution >= 0.6 is 0 Å². The molecule has 0 heterocycles. The molecule has 1 unspecified atom stereocenters. The molecule has 0 saturated heterocycles. The van der Waals surface area contributed by atoms with Crippen LogP contribution in [0.25, 0.3) is 0 Å². The van der Waals surface area contributed by atoms with Gasteiger partial charge in [0, 0.05) is 12.3 Å². The summed E-state index contributed by atoms with van der Waals surface area (Å²) in [5, 5.41) is 3.48. The summed E-state index contributed by atoms with van der Waals surface area (Å²) in [5.41, 5.74) is 1.46. The first-order chi connectivity index (χ1) is 9.13. The van der Waals surface area contributed by atoms with Crippen molar-refractivity contribution in [3.8, 4) is 0 Å². The molecule has 0 amide bonds. The van der Waals surface area contributed by atoms with Gasteiger partial charge in [0.05, 0.1) is 4.90 Å². The number of sulfone groups is 1. The van der Waals surface area contributed by atoms with Crippen molar-refractivity contribution in [2.45, 2.75) is 51.5 Å². The summed E-state index contributed by atoms with van der Waals surface area (Å²) in [6.07, 6.45) is 3.41. The second-order valence-electron chi connectivity index (χ2n) is 6.55. The molecular weight excluding hydrogens is 270 g/mol. The van der Waals surface area contributed by atoms with E-state index in [2.05, 4.69) is 33.0 Å². The maximum Gasteiger partial charge on any atom is 0.175 e. The smallest absolute Gasteiger partial charge is 0.175 e. The van der Waals surface area contributed by atoms with Gasteiger partial charge < -0.3 is 5.32 Å². The molecular formula is C16H27NO2S. The summed E-state index contributed by atoms with van der Waals surface area (Å²) in [6, 6.07) is 7.53. The Morgan fingerprint density at radius 1 is 1.15 bits per heavy atom. The van der Waals surface area contributed by atoms with Crippen molar-refractivity contribution in [1.82, 2.24) is 5.32 Å². The van der Waals surface area contributed by atoms with Crippen LogP contribution in [0.4, 0.5) is 0 Å². The highest BCUT2D eigenvalue weighted by atomic mass is 32.2. The Morgan fingerprint density at radius 3 is 2.10 bits per heavy atom. The first-order valence-corrected chi connectivity index (χ1v) is 9.06. The predicted octanol–water partition coefficient (Wildman–Crippen LogP) is 3.57. The summed E-state index contributed by atoms with van der Waals surface area (Å²) in [5.74, 6) is 0. The molecule has 4 heteroatoms. The molecule has 3 nitrogen and oxygen atoms in total. The number of rotatable bonds is 6. The normalized spacial score (nSPS) is 14.2. The zero-order chi connectivity index (χ0) is 15.4. The largest absolute Gasteiger partial charge is 0.310 e. The lowest BCUT2D eigenvalue weighted by Crippen LogP contribution is -2.22. The molecule has 0 spiro atoms. The van der Waals surface area contributed by atoms with Crippen LogP contribution in [0.5, 0.6) is 0 Å². The van der Waals surface area contributed by atoms with E-state index in [0.29, 0.717) is 10.3 Å². The van der Waals surface area contributed by atoms with Crippen LogP contribution in [0.15, 0.2) is 29.2 Å². The van der Waals surface area contributed by atoms with Crippen molar-refractivity contribution in [2.75, 3.05) is 12.8 Å². The summed E-state index contributed by atoms with van der Waals surface area (Å²) in [4.78, 5) is 0.382.